The van der Waals surface area contributed by atoms with E-state index in [0.29, 0.717) is 5.56 Å². The summed E-state index contributed by atoms with van der Waals surface area (Å²) in [5.41, 5.74) is 0.866. The molecule has 1 aromatic rings. The van der Waals surface area contributed by atoms with Crippen LogP contribution < -0.4 is 10.6 Å². The first-order valence-electron chi connectivity index (χ1n) is 12.1. The summed E-state index contributed by atoms with van der Waals surface area (Å²) in [4.78, 5) is 53.5. The van der Waals surface area contributed by atoms with Crippen LogP contribution in [0.15, 0.2) is 18.2 Å². The number of carbonyl (C=O) groups excluding carboxylic acids is 4. The second-order valence-electron chi connectivity index (χ2n) is 11.4. The number of carbonyl (C=O) groups is 4. The van der Waals surface area contributed by atoms with Gasteiger partial charge >= 0.3 is 12.1 Å². The van der Waals surface area contributed by atoms with Gasteiger partial charge in [-0.15, -0.1) is 0 Å². The molecule has 1 rings (SSSR count). The van der Waals surface area contributed by atoms with Crippen molar-refractivity contribution in [1.82, 2.24) is 15.5 Å². The fourth-order valence-corrected chi connectivity index (χ4v) is 3.86. The highest BCUT2D eigenvalue weighted by Gasteiger charge is 2.42. The molecule has 0 aliphatic carbocycles. The van der Waals surface area contributed by atoms with Gasteiger partial charge < -0.3 is 25.0 Å². The molecule has 0 radical (unpaired) electrons. The number of amides is 3. The molecule has 0 aromatic heterocycles. The maximum atomic E-state index is 14.1. The highest BCUT2D eigenvalue weighted by Crippen LogP contribution is 2.32. The number of ether oxygens (including phenoxy) is 2. The van der Waals surface area contributed by atoms with E-state index < -0.39 is 47.1 Å². The Labute approximate surface area is 215 Å². The third kappa shape index (κ3) is 9.17. The topological polar surface area (TPSA) is 114 Å². The average Bonchev–Trinajstić information content (AvgIpc) is 2.70. The minimum absolute atomic E-state index is 0.298. The van der Waals surface area contributed by atoms with E-state index in [1.165, 1.54) is 12.0 Å². The normalized spacial score (nSPS) is 13.4. The molecule has 36 heavy (non-hydrogen) atoms. The van der Waals surface area contributed by atoms with Gasteiger partial charge in [-0.3, -0.25) is 14.4 Å². The lowest BCUT2D eigenvalue weighted by Gasteiger charge is -2.43. The molecular weight excluding hydrogens is 462 g/mol. The van der Waals surface area contributed by atoms with Crippen molar-refractivity contribution in [3.63, 3.8) is 0 Å². The summed E-state index contributed by atoms with van der Waals surface area (Å²) in [5, 5.41) is 5.29. The van der Waals surface area contributed by atoms with Gasteiger partial charge in [0.25, 0.3) is 0 Å². The zero-order valence-corrected chi connectivity index (χ0v) is 23.6. The molecule has 0 saturated heterocycles. The fraction of sp³-hybridized carbons (Fsp3) is 0.630. The molecule has 2 atom stereocenters. The van der Waals surface area contributed by atoms with Crippen molar-refractivity contribution in [2.75, 3.05) is 13.7 Å². The quantitative estimate of drug-likeness (QED) is 0.520. The molecule has 0 bridgehead atoms. The third-order valence-electron chi connectivity index (χ3n) is 5.27. The Kier molecular flexibility index (Phi) is 10.5. The standard InChI is InChI=1S/C27H43N3O6/c1-16(2)21(29-25(34)36-27(8,9)10)24(33)30(26(5,6)7)22(23(32)28-15-20(31)35-11)19-13-17(3)12-18(4)14-19/h12-14,16,21-22H,15H2,1-11H3,(H,28,32)(H,29,34). The molecule has 2 unspecified atom stereocenters. The van der Waals surface area contributed by atoms with Gasteiger partial charge in [0.2, 0.25) is 11.8 Å². The summed E-state index contributed by atoms with van der Waals surface area (Å²) in [6.07, 6.45) is -0.721. The van der Waals surface area contributed by atoms with Crippen LogP contribution in [0.3, 0.4) is 0 Å². The number of esters is 1. The number of hydrogen-bond acceptors (Lipinski definition) is 6. The fourth-order valence-electron chi connectivity index (χ4n) is 3.86. The number of aryl methyl sites for hydroxylation is 2. The Morgan fingerprint density at radius 1 is 0.944 bits per heavy atom. The zero-order chi connectivity index (χ0) is 28.0. The first kappa shape index (κ1) is 30.9. The summed E-state index contributed by atoms with van der Waals surface area (Å²) in [5.74, 6) is -1.88. The highest BCUT2D eigenvalue weighted by atomic mass is 16.6. The molecular formula is C27H43N3O6. The molecule has 1 aromatic carbocycles. The Morgan fingerprint density at radius 2 is 1.47 bits per heavy atom. The van der Waals surface area contributed by atoms with Gasteiger partial charge in [-0.1, -0.05) is 43.2 Å². The van der Waals surface area contributed by atoms with Gasteiger partial charge in [-0.2, -0.15) is 0 Å². The molecule has 9 nitrogen and oxygen atoms in total. The van der Waals surface area contributed by atoms with Gasteiger partial charge in [0, 0.05) is 5.54 Å². The Bertz CT molecular complexity index is 939. The van der Waals surface area contributed by atoms with Crippen molar-refractivity contribution in [1.29, 1.82) is 0 Å². The van der Waals surface area contributed by atoms with Gasteiger partial charge in [0.05, 0.1) is 7.11 Å². The first-order valence-corrected chi connectivity index (χ1v) is 12.1. The van der Waals surface area contributed by atoms with Gasteiger partial charge in [0.1, 0.15) is 24.2 Å². The smallest absolute Gasteiger partial charge is 0.408 e. The molecule has 0 fully saturated rings. The third-order valence-corrected chi connectivity index (χ3v) is 5.27. The van der Waals surface area contributed by atoms with E-state index in [9.17, 15) is 19.2 Å². The molecule has 0 heterocycles. The number of methoxy groups -OCH3 is 1. The predicted molar refractivity (Wildman–Crippen MR) is 138 cm³/mol. The lowest BCUT2D eigenvalue weighted by Crippen LogP contribution is -2.60. The van der Waals surface area contributed by atoms with Crippen LogP contribution >= 0.6 is 0 Å². The van der Waals surface area contributed by atoms with E-state index in [1.54, 1.807) is 20.8 Å². The SMILES string of the molecule is COC(=O)CNC(=O)C(c1cc(C)cc(C)c1)N(C(=O)C(NC(=O)OC(C)(C)C)C(C)C)C(C)(C)C. The van der Waals surface area contributed by atoms with E-state index in [-0.39, 0.29) is 12.5 Å². The average molecular weight is 506 g/mol. The van der Waals surface area contributed by atoms with Crippen molar-refractivity contribution >= 4 is 23.9 Å². The number of rotatable bonds is 8. The molecule has 0 aliphatic rings. The van der Waals surface area contributed by atoms with Crippen molar-refractivity contribution in [2.24, 2.45) is 5.92 Å². The largest absolute Gasteiger partial charge is 0.468 e. The summed E-state index contributed by atoms with van der Waals surface area (Å²) in [7, 11) is 1.23. The molecule has 3 amide bonds. The van der Waals surface area contributed by atoms with E-state index >= 15 is 0 Å². The van der Waals surface area contributed by atoms with E-state index in [0.717, 1.165) is 11.1 Å². The number of nitrogens with zero attached hydrogens (tertiary/aromatic N) is 1. The van der Waals surface area contributed by atoms with Crippen LogP contribution in [0.2, 0.25) is 0 Å². The summed E-state index contributed by atoms with van der Waals surface area (Å²) in [6, 6.07) is 3.63. The van der Waals surface area contributed by atoms with E-state index in [2.05, 4.69) is 15.4 Å². The molecule has 0 saturated carbocycles. The van der Waals surface area contributed by atoms with Crippen molar-refractivity contribution < 1.29 is 28.7 Å². The summed E-state index contributed by atoms with van der Waals surface area (Å²) < 4.78 is 10.0. The van der Waals surface area contributed by atoms with Gasteiger partial charge in [-0.25, -0.2) is 4.79 Å². The van der Waals surface area contributed by atoms with Crippen LogP contribution in [0, 0.1) is 19.8 Å². The summed E-state index contributed by atoms with van der Waals surface area (Å²) >= 11 is 0. The molecule has 0 spiro atoms. The molecule has 0 aliphatic heterocycles. The maximum absolute atomic E-state index is 14.1. The highest BCUT2D eigenvalue weighted by molar-refractivity contribution is 5.93. The lowest BCUT2D eigenvalue weighted by molar-refractivity contribution is -0.150. The first-order chi connectivity index (χ1) is 16.4. The number of benzene rings is 1. The van der Waals surface area contributed by atoms with E-state index in [4.69, 9.17) is 4.74 Å². The number of alkyl carbamates (subject to hydrolysis) is 1. The maximum Gasteiger partial charge on any atom is 0.408 e. The Hall–Kier alpha value is -3.10. The zero-order valence-electron chi connectivity index (χ0n) is 23.6. The van der Waals surface area contributed by atoms with Gasteiger partial charge in [-0.05, 0) is 66.9 Å². The van der Waals surface area contributed by atoms with Crippen molar-refractivity contribution in [2.45, 2.75) is 92.5 Å². The summed E-state index contributed by atoms with van der Waals surface area (Å²) in [6.45, 7) is 17.8. The van der Waals surface area contributed by atoms with Crippen molar-refractivity contribution in [3.05, 3.63) is 34.9 Å². The van der Waals surface area contributed by atoms with Gasteiger partial charge in [0.15, 0.2) is 0 Å². The second kappa shape index (κ2) is 12.2. The van der Waals surface area contributed by atoms with Crippen LogP contribution in [0.4, 0.5) is 4.79 Å². The minimum Gasteiger partial charge on any atom is -0.468 e. The van der Waals surface area contributed by atoms with E-state index in [1.807, 2.05) is 66.7 Å². The monoisotopic (exact) mass is 505 g/mol. The minimum atomic E-state index is -1.07. The number of hydrogen-bond donors (Lipinski definition) is 2. The van der Waals surface area contributed by atoms with Crippen LogP contribution in [0.1, 0.15) is 78.1 Å². The Morgan fingerprint density at radius 3 is 1.89 bits per heavy atom. The van der Waals surface area contributed by atoms with Crippen LogP contribution in [0.5, 0.6) is 0 Å². The second-order valence-corrected chi connectivity index (χ2v) is 11.4. The Balaban J connectivity index is 3.60. The molecule has 2 N–H and O–H groups in total. The number of nitrogens with one attached hydrogen (secondary N) is 2. The predicted octanol–water partition coefficient (Wildman–Crippen LogP) is 3.81. The van der Waals surface area contributed by atoms with Crippen LogP contribution in [-0.2, 0) is 23.9 Å². The van der Waals surface area contributed by atoms with Crippen LogP contribution in [-0.4, -0.2) is 59.6 Å². The van der Waals surface area contributed by atoms with Crippen LogP contribution in [0.25, 0.3) is 0 Å². The molecule has 9 heteroatoms. The van der Waals surface area contributed by atoms with Crippen molar-refractivity contribution in [3.8, 4) is 0 Å². The molecule has 202 valence electrons. The lowest BCUT2D eigenvalue weighted by atomic mass is 9.92.